The van der Waals surface area contributed by atoms with Gasteiger partial charge in [-0.1, -0.05) is 7.43 Å². The van der Waals surface area contributed by atoms with E-state index in [2.05, 4.69) is 6.07 Å². The van der Waals surface area contributed by atoms with Gasteiger partial charge in [0.25, 0.3) is 0 Å². The van der Waals surface area contributed by atoms with Gasteiger partial charge in [0.1, 0.15) is 7.05 Å². The van der Waals surface area contributed by atoms with Crippen molar-refractivity contribution in [1.29, 1.82) is 5.26 Å². The summed E-state index contributed by atoms with van der Waals surface area (Å²) in [5.74, 6) is 0. The van der Waals surface area contributed by atoms with Crippen LogP contribution in [0, 0.1) is 11.3 Å². The highest BCUT2D eigenvalue weighted by molar-refractivity contribution is 5.09. The third-order valence-electron chi connectivity index (χ3n) is 1.28. The molecule has 1 aromatic rings. The van der Waals surface area contributed by atoms with Crippen molar-refractivity contribution in [3.63, 3.8) is 0 Å². The first-order valence-corrected chi connectivity index (χ1v) is 3.14. The Morgan fingerprint density at radius 2 is 2.36 bits per heavy atom. The third kappa shape index (κ3) is 2.81. The Morgan fingerprint density at radius 1 is 1.64 bits per heavy atom. The lowest BCUT2D eigenvalue weighted by molar-refractivity contribution is -0.671. The number of rotatable bonds is 1. The molecule has 0 unspecified atom stereocenters. The summed E-state index contributed by atoms with van der Waals surface area (Å²) in [6, 6.07) is 5.98. The van der Waals surface area contributed by atoms with E-state index in [0.717, 1.165) is 5.56 Å². The van der Waals surface area contributed by atoms with Crippen LogP contribution >= 0.6 is 0 Å². The van der Waals surface area contributed by atoms with Crippen LogP contribution in [-0.4, -0.2) is 0 Å². The molecule has 2 nitrogen and oxygen atoms in total. The van der Waals surface area contributed by atoms with Gasteiger partial charge in [-0.25, -0.2) is 4.57 Å². The summed E-state index contributed by atoms with van der Waals surface area (Å²) in [6.45, 7) is 0. The molecule has 0 fully saturated rings. The average Bonchev–Trinajstić information content (AvgIpc) is 1.88. The molecule has 0 atom stereocenters. The van der Waals surface area contributed by atoms with E-state index in [9.17, 15) is 0 Å². The van der Waals surface area contributed by atoms with E-state index in [-0.39, 0.29) is 7.43 Å². The van der Waals surface area contributed by atoms with Gasteiger partial charge in [0.2, 0.25) is 0 Å². The lowest BCUT2D eigenvalue weighted by Crippen LogP contribution is -2.26. The van der Waals surface area contributed by atoms with E-state index in [0.29, 0.717) is 6.42 Å². The number of nitrogens with zero attached hydrogens (tertiary/aromatic N) is 2. The minimum Gasteiger partial charge on any atom is -0.207 e. The molecule has 0 bridgehead atoms. The van der Waals surface area contributed by atoms with Crippen molar-refractivity contribution in [2.45, 2.75) is 13.8 Å². The van der Waals surface area contributed by atoms with E-state index in [1.807, 2.05) is 36.1 Å². The van der Waals surface area contributed by atoms with Gasteiger partial charge >= 0.3 is 0 Å². The summed E-state index contributed by atoms with van der Waals surface area (Å²) in [5.41, 5.74) is 1.06. The van der Waals surface area contributed by atoms with E-state index in [1.165, 1.54) is 0 Å². The summed E-state index contributed by atoms with van der Waals surface area (Å²) in [5, 5.41) is 8.35. The summed E-state index contributed by atoms with van der Waals surface area (Å²) in [6.07, 6.45) is 4.39. The Labute approximate surface area is 67.7 Å². The van der Waals surface area contributed by atoms with Crippen LogP contribution in [0.2, 0.25) is 0 Å². The van der Waals surface area contributed by atoms with Gasteiger partial charge < -0.3 is 0 Å². The van der Waals surface area contributed by atoms with Gasteiger partial charge in [0.05, 0.1) is 12.5 Å². The molecule has 0 amide bonds. The molecule has 1 aromatic heterocycles. The molecule has 1 rings (SSSR count). The molecule has 2 heteroatoms. The SMILES string of the molecule is C.C[n+]1cccc(CC#N)c1. The van der Waals surface area contributed by atoms with E-state index in [1.54, 1.807) is 0 Å². The van der Waals surface area contributed by atoms with E-state index >= 15 is 0 Å². The molecular weight excluding hydrogens is 136 g/mol. The number of nitriles is 1. The van der Waals surface area contributed by atoms with Crippen molar-refractivity contribution in [3.05, 3.63) is 30.1 Å². The molecule has 0 radical (unpaired) electrons. The molecule has 1 heterocycles. The first kappa shape index (κ1) is 9.64. The predicted molar refractivity (Wildman–Crippen MR) is 43.7 cm³/mol. The number of hydrogen-bond acceptors (Lipinski definition) is 1. The Bertz CT molecular complexity index is 261. The molecule has 0 aliphatic carbocycles. The molecule has 0 spiro atoms. The Morgan fingerprint density at radius 3 is 2.91 bits per heavy atom. The second kappa shape index (κ2) is 4.45. The monoisotopic (exact) mass is 149 g/mol. The van der Waals surface area contributed by atoms with Crippen LogP contribution in [-0.2, 0) is 13.5 Å². The highest BCUT2D eigenvalue weighted by Crippen LogP contribution is 1.92. The maximum absolute atomic E-state index is 8.35. The van der Waals surface area contributed by atoms with Crippen LogP contribution in [0.4, 0.5) is 0 Å². The van der Waals surface area contributed by atoms with Crippen LogP contribution in [0.3, 0.4) is 0 Å². The van der Waals surface area contributed by atoms with Crippen LogP contribution in [0.25, 0.3) is 0 Å². The zero-order valence-electron chi connectivity index (χ0n) is 5.91. The Kier molecular flexibility index (Phi) is 3.90. The fourth-order valence-corrected chi connectivity index (χ4v) is 0.846. The van der Waals surface area contributed by atoms with Crippen LogP contribution in [0.5, 0.6) is 0 Å². The van der Waals surface area contributed by atoms with Crippen LogP contribution in [0.1, 0.15) is 13.0 Å². The zero-order valence-corrected chi connectivity index (χ0v) is 5.91. The van der Waals surface area contributed by atoms with Gasteiger partial charge in [0.15, 0.2) is 12.4 Å². The lowest BCUT2D eigenvalue weighted by Gasteiger charge is -1.88. The summed E-state index contributed by atoms with van der Waals surface area (Å²) < 4.78 is 1.94. The molecular formula is C9H13N2+. The topological polar surface area (TPSA) is 27.7 Å². The molecule has 0 aliphatic rings. The standard InChI is InChI=1S/C8H9N2.CH4/c1-10-6-2-3-8(7-10)4-5-9;/h2-3,6-7H,4H2,1H3;1H4/q+1;. The second-order valence-electron chi connectivity index (χ2n) is 2.21. The van der Waals surface area contributed by atoms with Gasteiger partial charge in [-0.3, -0.25) is 0 Å². The molecule has 11 heavy (non-hydrogen) atoms. The van der Waals surface area contributed by atoms with Gasteiger partial charge in [-0.15, -0.1) is 0 Å². The minimum atomic E-state index is 0. The molecule has 0 saturated carbocycles. The second-order valence-corrected chi connectivity index (χ2v) is 2.21. The summed E-state index contributed by atoms with van der Waals surface area (Å²) >= 11 is 0. The maximum Gasteiger partial charge on any atom is 0.172 e. The molecule has 0 saturated heterocycles. The molecule has 0 aromatic carbocycles. The van der Waals surface area contributed by atoms with Gasteiger partial charge in [-0.2, -0.15) is 5.26 Å². The average molecular weight is 149 g/mol. The quantitative estimate of drug-likeness (QED) is 0.551. The predicted octanol–water partition coefficient (Wildman–Crippen LogP) is 1.21. The summed E-state index contributed by atoms with van der Waals surface area (Å²) in [7, 11) is 1.95. The minimum absolute atomic E-state index is 0. The highest BCUT2D eigenvalue weighted by Gasteiger charge is 1.94. The largest absolute Gasteiger partial charge is 0.207 e. The van der Waals surface area contributed by atoms with Gasteiger partial charge in [0, 0.05) is 11.6 Å². The fourth-order valence-electron chi connectivity index (χ4n) is 0.846. The first-order chi connectivity index (χ1) is 4.83. The number of pyridine rings is 1. The number of hydrogen-bond donors (Lipinski definition) is 0. The Hall–Kier alpha value is -1.36. The smallest absolute Gasteiger partial charge is 0.172 e. The number of aromatic nitrogens is 1. The Balaban J connectivity index is 0.000001000. The normalized spacial score (nSPS) is 8.00. The fraction of sp³-hybridized carbons (Fsp3) is 0.333. The van der Waals surface area contributed by atoms with Crippen molar-refractivity contribution in [1.82, 2.24) is 0 Å². The highest BCUT2D eigenvalue weighted by atomic mass is 14.9. The van der Waals surface area contributed by atoms with Crippen LogP contribution in [0.15, 0.2) is 24.5 Å². The van der Waals surface area contributed by atoms with Crippen molar-refractivity contribution >= 4 is 0 Å². The summed E-state index contributed by atoms with van der Waals surface area (Å²) in [4.78, 5) is 0. The molecule has 0 N–H and O–H groups in total. The van der Waals surface area contributed by atoms with E-state index < -0.39 is 0 Å². The van der Waals surface area contributed by atoms with Crippen molar-refractivity contribution in [2.24, 2.45) is 7.05 Å². The van der Waals surface area contributed by atoms with Crippen LogP contribution < -0.4 is 4.57 Å². The lowest BCUT2D eigenvalue weighted by atomic mass is 10.2. The zero-order chi connectivity index (χ0) is 7.40. The van der Waals surface area contributed by atoms with Crippen molar-refractivity contribution < 1.29 is 4.57 Å². The van der Waals surface area contributed by atoms with E-state index in [4.69, 9.17) is 5.26 Å². The molecule has 0 aliphatic heterocycles. The van der Waals surface area contributed by atoms with Crippen molar-refractivity contribution in [3.8, 4) is 6.07 Å². The first-order valence-electron chi connectivity index (χ1n) is 3.14. The molecule has 58 valence electrons. The maximum atomic E-state index is 8.35. The third-order valence-corrected chi connectivity index (χ3v) is 1.28. The van der Waals surface area contributed by atoms with Crippen molar-refractivity contribution in [2.75, 3.05) is 0 Å². The number of aryl methyl sites for hydroxylation is 1. The van der Waals surface area contributed by atoms with Gasteiger partial charge in [-0.05, 0) is 6.07 Å².